The van der Waals surface area contributed by atoms with Crippen LogP contribution in [0.1, 0.15) is 59.4 Å². The highest BCUT2D eigenvalue weighted by atomic mass is 32.2. The molecule has 0 saturated carbocycles. The standard InChI is InChI=1S/C20H24F3N3O4S/c1-11(2)18-15(17(20(21,22)23)16(10-24-18)19(27)25-28)9-13(4)26-31(29,30)14-7-5-12(3)6-8-14/h5-8,10-11,13,26,28H,9H2,1-4H3,(H,25,27). The summed E-state index contributed by atoms with van der Waals surface area (Å²) in [5.74, 6) is -1.78. The van der Waals surface area contributed by atoms with Gasteiger partial charge in [-0.3, -0.25) is 15.0 Å². The first-order chi connectivity index (χ1) is 14.3. The molecule has 1 amide bonds. The molecule has 1 aromatic heterocycles. The van der Waals surface area contributed by atoms with E-state index in [1.807, 2.05) is 0 Å². The van der Waals surface area contributed by atoms with Gasteiger partial charge in [0, 0.05) is 17.9 Å². The summed E-state index contributed by atoms with van der Waals surface area (Å²) in [5.41, 5.74) is -0.260. The van der Waals surface area contributed by atoms with Gasteiger partial charge >= 0.3 is 6.18 Å². The van der Waals surface area contributed by atoms with Crippen molar-refractivity contribution in [2.45, 2.75) is 57.1 Å². The number of aryl methyl sites for hydroxylation is 1. The number of halogens is 3. The van der Waals surface area contributed by atoms with Crippen LogP contribution >= 0.6 is 0 Å². The van der Waals surface area contributed by atoms with Gasteiger partial charge in [-0.2, -0.15) is 13.2 Å². The monoisotopic (exact) mass is 459 g/mol. The predicted octanol–water partition coefficient (Wildman–Crippen LogP) is 3.56. The first-order valence-corrected chi connectivity index (χ1v) is 10.9. The maximum atomic E-state index is 13.9. The van der Waals surface area contributed by atoms with Gasteiger partial charge in [-0.1, -0.05) is 31.5 Å². The summed E-state index contributed by atoms with van der Waals surface area (Å²) in [7, 11) is -3.98. The van der Waals surface area contributed by atoms with E-state index in [0.717, 1.165) is 11.8 Å². The van der Waals surface area contributed by atoms with Crippen molar-refractivity contribution in [1.29, 1.82) is 0 Å². The Kier molecular flexibility index (Phi) is 7.45. The number of pyridine rings is 1. The third-order valence-electron chi connectivity index (χ3n) is 4.59. The molecule has 31 heavy (non-hydrogen) atoms. The van der Waals surface area contributed by atoms with Gasteiger partial charge in [-0.05, 0) is 43.9 Å². The lowest BCUT2D eigenvalue weighted by Crippen LogP contribution is -2.35. The molecule has 170 valence electrons. The maximum Gasteiger partial charge on any atom is 0.417 e. The molecule has 3 N–H and O–H groups in total. The fourth-order valence-electron chi connectivity index (χ4n) is 3.23. The van der Waals surface area contributed by atoms with Crippen LogP contribution in [0, 0.1) is 6.92 Å². The highest BCUT2D eigenvalue weighted by Crippen LogP contribution is 2.38. The second kappa shape index (κ2) is 9.33. The van der Waals surface area contributed by atoms with E-state index in [0.29, 0.717) is 0 Å². The molecule has 0 fully saturated rings. The lowest BCUT2D eigenvalue weighted by atomic mass is 9.91. The van der Waals surface area contributed by atoms with Crippen molar-refractivity contribution in [2.75, 3.05) is 0 Å². The molecule has 1 unspecified atom stereocenters. The summed E-state index contributed by atoms with van der Waals surface area (Å²) < 4.78 is 69.4. The van der Waals surface area contributed by atoms with E-state index in [4.69, 9.17) is 5.21 Å². The minimum atomic E-state index is -4.93. The second-order valence-corrected chi connectivity index (χ2v) is 9.26. The summed E-state index contributed by atoms with van der Waals surface area (Å²) in [6, 6.07) is 5.08. The number of benzene rings is 1. The molecule has 0 aliphatic rings. The zero-order chi connectivity index (χ0) is 23.6. The van der Waals surface area contributed by atoms with Gasteiger partial charge in [0.1, 0.15) is 0 Å². The van der Waals surface area contributed by atoms with Gasteiger partial charge in [-0.25, -0.2) is 18.6 Å². The molecule has 1 heterocycles. The number of nitrogens with zero attached hydrogens (tertiary/aromatic N) is 1. The Hall–Kier alpha value is -2.50. The number of aromatic nitrogens is 1. The Morgan fingerprint density at radius 1 is 1.16 bits per heavy atom. The largest absolute Gasteiger partial charge is 0.417 e. The van der Waals surface area contributed by atoms with E-state index < -0.39 is 45.2 Å². The van der Waals surface area contributed by atoms with Crippen molar-refractivity contribution in [1.82, 2.24) is 15.2 Å². The van der Waals surface area contributed by atoms with Crippen LogP contribution in [-0.4, -0.2) is 30.6 Å². The molecule has 2 rings (SSSR count). The zero-order valence-electron chi connectivity index (χ0n) is 17.4. The molecule has 0 spiro atoms. The fraction of sp³-hybridized carbons (Fsp3) is 0.400. The molecule has 1 atom stereocenters. The number of carbonyl (C=O) groups is 1. The Bertz CT molecular complexity index is 1050. The third-order valence-corrected chi connectivity index (χ3v) is 6.19. The molecule has 1 aromatic carbocycles. The van der Waals surface area contributed by atoms with E-state index in [-0.39, 0.29) is 22.6 Å². The number of hydroxylamine groups is 1. The third kappa shape index (κ3) is 5.81. The molecule has 0 radical (unpaired) electrons. The Balaban J connectivity index is 2.51. The van der Waals surface area contributed by atoms with Crippen LogP contribution < -0.4 is 10.2 Å². The number of rotatable bonds is 7. The van der Waals surface area contributed by atoms with Crippen LogP contribution in [0.2, 0.25) is 0 Å². The average molecular weight is 459 g/mol. The summed E-state index contributed by atoms with van der Waals surface area (Å²) in [6.45, 7) is 6.49. The molecule has 0 aliphatic heterocycles. The van der Waals surface area contributed by atoms with E-state index >= 15 is 0 Å². The minimum absolute atomic E-state index is 0.0170. The second-order valence-electron chi connectivity index (χ2n) is 7.54. The first kappa shape index (κ1) is 24.8. The predicted molar refractivity (Wildman–Crippen MR) is 107 cm³/mol. The molecular formula is C20H24F3N3O4S. The quantitative estimate of drug-likeness (QED) is 0.433. The zero-order valence-corrected chi connectivity index (χ0v) is 18.2. The summed E-state index contributed by atoms with van der Waals surface area (Å²) in [6.07, 6.45) is -4.54. The number of sulfonamides is 1. The summed E-state index contributed by atoms with van der Waals surface area (Å²) in [5, 5.41) is 8.84. The molecule has 0 bridgehead atoms. The summed E-state index contributed by atoms with van der Waals surface area (Å²) in [4.78, 5) is 15.8. The van der Waals surface area contributed by atoms with Crippen LogP contribution in [0.5, 0.6) is 0 Å². The van der Waals surface area contributed by atoms with Crippen molar-refractivity contribution in [2.24, 2.45) is 0 Å². The molecular weight excluding hydrogens is 435 g/mol. The number of alkyl halides is 3. The maximum absolute atomic E-state index is 13.9. The van der Waals surface area contributed by atoms with Crippen molar-refractivity contribution in [3.8, 4) is 0 Å². The van der Waals surface area contributed by atoms with Crippen molar-refractivity contribution >= 4 is 15.9 Å². The van der Waals surface area contributed by atoms with E-state index in [2.05, 4.69) is 9.71 Å². The number of hydrogen-bond acceptors (Lipinski definition) is 5. The number of nitrogens with one attached hydrogen (secondary N) is 2. The fourth-order valence-corrected chi connectivity index (χ4v) is 4.47. The molecule has 7 nitrogen and oxygen atoms in total. The Labute approximate surface area is 178 Å². The van der Waals surface area contributed by atoms with Crippen molar-refractivity contribution in [3.63, 3.8) is 0 Å². The normalized spacial score (nSPS) is 13.3. The van der Waals surface area contributed by atoms with Gasteiger partial charge in [0.25, 0.3) is 5.91 Å². The van der Waals surface area contributed by atoms with Gasteiger partial charge in [0.05, 0.1) is 16.0 Å². The van der Waals surface area contributed by atoms with Crippen LogP contribution in [0.25, 0.3) is 0 Å². The lowest BCUT2D eigenvalue weighted by molar-refractivity contribution is -0.138. The SMILES string of the molecule is Cc1ccc(S(=O)(=O)NC(C)Cc2c(C(C)C)ncc(C(=O)NO)c2C(F)(F)F)cc1. The Morgan fingerprint density at radius 3 is 2.23 bits per heavy atom. The van der Waals surface area contributed by atoms with Gasteiger partial charge < -0.3 is 0 Å². The Morgan fingerprint density at radius 2 is 1.74 bits per heavy atom. The smallest absolute Gasteiger partial charge is 0.288 e. The van der Waals surface area contributed by atoms with Crippen LogP contribution in [0.15, 0.2) is 35.4 Å². The van der Waals surface area contributed by atoms with E-state index in [1.54, 1.807) is 32.9 Å². The lowest BCUT2D eigenvalue weighted by Gasteiger charge is -2.23. The molecule has 0 saturated heterocycles. The van der Waals surface area contributed by atoms with E-state index in [9.17, 15) is 26.4 Å². The van der Waals surface area contributed by atoms with Gasteiger partial charge in [-0.15, -0.1) is 0 Å². The number of amides is 1. The highest BCUT2D eigenvalue weighted by Gasteiger charge is 2.40. The first-order valence-electron chi connectivity index (χ1n) is 9.40. The average Bonchev–Trinajstić information content (AvgIpc) is 2.65. The highest BCUT2D eigenvalue weighted by molar-refractivity contribution is 7.89. The number of carbonyl (C=O) groups excluding carboxylic acids is 1. The van der Waals surface area contributed by atoms with Crippen molar-refractivity contribution < 1.29 is 31.6 Å². The van der Waals surface area contributed by atoms with E-state index in [1.165, 1.54) is 24.5 Å². The van der Waals surface area contributed by atoms with Gasteiger partial charge in [0.15, 0.2) is 0 Å². The van der Waals surface area contributed by atoms with Crippen LogP contribution in [0.3, 0.4) is 0 Å². The van der Waals surface area contributed by atoms with Crippen LogP contribution in [0.4, 0.5) is 13.2 Å². The topological polar surface area (TPSA) is 108 Å². The van der Waals surface area contributed by atoms with Gasteiger partial charge in [0.2, 0.25) is 10.0 Å². The van der Waals surface area contributed by atoms with Crippen LogP contribution in [-0.2, 0) is 22.6 Å². The van der Waals surface area contributed by atoms with Crippen molar-refractivity contribution in [3.05, 3.63) is 58.4 Å². The number of hydrogen-bond donors (Lipinski definition) is 3. The molecule has 11 heteroatoms. The molecule has 0 aliphatic carbocycles. The molecule has 2 aromatic rings. The summed E-state index contributed by atoms with van der Waals surface area (Å²) >= 11 is 0. The minimum Gasteiger partial charge on any atom is -0.288 e.